The lowest BCUT2D eigenvalue weighted by atomic mass is 9.84. The molecular weight excluding hydrogens is 316 g/mol. The summed E-state index contributed by atoms with van der Waals surface area (Å²) in [4.78, 5) is 29.5. The number of likely N-dealkylation sites (tertiary alicyclic amines) is 2. The number of piperidine rings is 1. The number of hydrogen-bond donors (Lipinski definition) is 2. The molecule has 1 atom stereocenters. The highest BCUT2D eigenvalue weighted by atomic mass is 16.2. The number of anilines is 2. The van der Waals surface area contributed by atoms with Crippen LogP contribution in [0.1, 0.15) is 32.6 Å². The molecule has 25 heavy (non-hydrogen) atoms. The molecule has 6 heteroatoms. The highest BCUT2D eigenvalue weighted by molar-refractivity contribution is 6.06. The number of para-hydroxylation sites is 2. The van der Waals surface area contributed by atoms with Crippen LogP contribution in [0.4, 0.5) is 11.4 Å². The Balaban J connectivity index is 1.42. The van der Waals surface area contributed by atoms with Gasteiger partial charge in [0, 0.05) is 26.2 Å². The van der Waals surface area contributed by atoms with Gasteiger partial charge < -0.3 is 15.5 Å². The second-order valence-electron chi connectivity index (χ2n) is 7.45. The van der Waals surface area contributed by atoms with Gasteiger partial charge in [-0.05, 0) is 44.7 Å². The van der Waals surface area contributed by atoms with Crippen molar-refractivity contribution < 1.29 is 9.59 Å². The Labute approximate surface area is 148 Å². The fourth-order valence-electron chi connectivity index (χ4n) is 4.26. The van der Waals surface area contributed by atoms with Gasteiger partial charge in [0.05, 0.1) is 17.4 Å². The van der Waals surface area contributed by atoms with E-state index in [9.17, 15) is 9.59 Å². The number of amides is 2. The molecule has 6 nitrogen and oxygen atoms in total. The first-order valence-corrected chi connectivity index (χ1v) is 9.31. The molecule has 2 saturated heterocycles. The topological polar surface area (TPSA) is 64.7 Å². The molecule has 134 valence electrons. The summed E-state index contributed by atoms with van der Waals surface area (Å²) < 4.78 is 0. The van der Waals surface area contributed by atoms with E-state index in [1.54, 1.807) is 0 Å². The van der Waals surface area contributed by atoms with Crippen LogP contribution >= 0.6 is 0 Å². The summed E-state index contributed by atoms with van der Waals surface area (Å²) in [5.41, 5.74) is 1.27. The lowest BCUT2D eigenvalue weighted by molar-refractivity contribution is -0.136. The molecule has 0 aliphatic carbocycles. The lowest BCUT2D eigenvalue weighted by Gasteiger charge is -2.45. The smallest absolute Gasteiger partial charge is 0.250 e. The average Bonchev–Trinajstić information content (AvgIpc) is 3.17. The fraction of sp³-hybridized carbons (Fsp3) is 0.579. The molecular formula is C19H26N4O2. The van der Waals surface area contributed by atoms with Crippen molar-refractivity contribution in [2.75, 3.05) is 36.8 Å². The first-order valence-electron chi connectivity index (χ1n) is 9.31. The van der Waals surface area contributed by atoms with Crippen LogP contribution in [0.3, 0.4) is 0 Å². The third-order valence-corrected chi connectivity index (χ3v) is 5.96. The minimum absolute atomic E-state index is 0.0457. The summed E-state index contributed by atoms with van der Waals surface area (Å²) in [5.74, 6) is 0.282. The molecule has 3 heterocycles. The zero-order chi connectivity index (χ0) is 17.4. The van der Waals surface area contributed by atoms with Crippen LogP contribution in [0.25, 0.3) is 0 Å². The molecule has 4 rings (SSSR count). The third-order valence-electron chi connectivity index (χ3n) is 5.96. The van der Waals surface area contributed by atoms with Gasteiger partial charge in [-0.3, -0.25) is 14.5 Å². The van der Waals surface area contributed by atoms with Gasteiger partial charge in [-0.25, -0.2) is 0 Å². The average molecular weight is 342 g/mol. The predicted octanol–water partition coefficient (Wildman–Crippen LogP) is 1.90. The SMILES string of the molecule is C[C@H](C(=O)N1CCCC1)N1CCC2(CC1)Nc1ccccc1NC2=O. The molecule has 2 amide bonds. The molecule has 0 radical (unpaired) electrons. The van der Waals surface area contributed by atoms with Crippen molar-refractivity contribution in [1.29, 1.82) is 0 Å². The minimum atomic E-state index is -0.554. The molecule has 1 aromatic carbocycles. The van der Waals surface area contributed by atoms with Crippen LogP contribution in [-0.2, 0) is 9.59 Å². The highest BCUT2D eigenvalue weighted by Crippen LogP contribution is 2.36. The van der Waals surface area contributed by atoms with Crippen LogP contribution < -0.4 is 10.6 Å². The van der Waals surface area contributed by atoms with Crippen molar-refractivity contribution >= 4 is 23.2 Å². The van der Waals surface area contributed by atoms with E-state index in [0.717, 1.165) is 50.4 Å². The third kappa shape index (κ3) is 2.88. The Kier molecular flexibility index (Phi) is 4.15. The van der Waals surface area contributed by atoms with Gasteiger partial charge in [0.25, 0.3) is 0 Å². The van der Waals surface area contributed by atoms with Gasteiger partial charge in [-0.1, -0.05) is 12.1 Å². The normalized spacial score (nSPS) is 23.7. The molecule has 2 fully saturated rings. The Hall–Kier alpha value is -2.08. The van der Waals surface area contributed by atoms with Crippen molar-refractivity contribution in [3.8, 4) is 0 Å². The zero-order valence-electron chi connectivity index (χ0n) is 14.8. The van der Waals surface area contributed by atoms with E-state index < -0.39 is 5.54 Å². The van der Waals surface area contributed by atoms with Crippen LogP contribution in [0, 0.1) is 0 Å². The summed E-state index contributed by atoms with van der Waals surface area (Å²) in [7, 11) is 0. The number of carbonyl (C=O) groups is 2. The van der Waals surface area contributed by atoms with E-state index in [1.165, 1.54) is 0 Å². The predicted molar refractivity (Wildman–Crippen MR) is 97.5 cm³/mol. The van der Waals surface area contributed by atoms with Gasteiger partial charge in [0.15, 0.2) is 0 Å². The molecule has 0 unspecified atom stereocenters. The first kappa shape index (κ1) is 16.4. The number of fused-ring (bicyclic) bond motifs is 1. The maximum Gasteiger partial charge on any atom is 0.250 e. The van der Waals surface area contributed by atoms with E-state index in [2.05, 4.69) is 15.5 Å². The molecule has 2 N–H and O–H groups in total. The quantitative estimate of drug-likeness (QED) is 0.862. The minimum Gasteiger partial charge on any atom is -0.369 e. The molecule has 0 saturated carbocycles. The van der Waals surface area contributed by atoms with Crippen molar-refractivity contribution in [3.05, 3.63) is 24.3 Å². The highest BCUT2D eigenvalue weighted by Gasteiger charge is 2.45. The van der Waals surface area contributed by atoms with Crippen LogP contribution in [0.15, 0.2) is 24.3 Å². The van der Waals surface area contributed by atoms with Crippen LogP contribution in [0.2, 0.25) is 0 Å². The number of rotatable bonds is 2. The van der Waals surface area contributed by atoms with E-state index >= 15 is 0 Å². The van der Waals surface area contributed by atoms with Crippen molar-refractivity contribution in [1.82, 2.24) is 9.80 Å². The zero-order valence-corrected chi connectivity index (χ0v) is 14.8. The Morgan fingerprint density at radius 3 is 2.40 bits per heavy atom. The first-order chi connectivity index (χ1) is 12.1. The van der Waals surface area contributed by atoms with E-state index in [0.29, 0.717) is 12.8 Å². The number of benzene rings is 1. The molecule has 3 aliphatic heterocycles. The Bertz CT molecular complexity index is 676. The van der Waals surface area contributed by atoms with Gasteiger partial charge in [0.2, 0.25) is 11.8 Å². The Morgan fingerprint density at radius 1 is 1.08 bits per heavy atom. The van der Waals surface area contributed by atoms with Gasteiger partial charge in [-0.15, -0.1) is 0 Å². The number of hydrogen-bond acceptors (Lipinski definition) is 4. The van der Waals surface area contributed by atoms with Gasteiger partial charge in [-0.2, -0.15) is 0 Å². The summed E-state index contributed by atoms with van der Waals surface area (Å²) in [5, 5.41) is 6.51. The number of carbonyl (C=O) groups excluding carboxylic acids is 2. The summed E-state index contributed by atoms with van der Waals surface area (Å²) in [6.45, 7) is 5.29. The number of nitrogens with zero attached hydrogens (tertiary/aromatic N) is 2. The van der Waals surface area contributed by atoms with Crippen LogP contribution in [-0.4, -0.2) is 59.4 Å². The van der Waals surface area contributed by atoms with Crippen molar-refractivity contribution in [2.45, 2.75) is 44.2 Å². The number of nitrogens with one attached hydrogen (secondary N) is 2. The molecule has 1 spiro atoms. The van der Waals surface area contributed by atoms with Crippen LogP contribution in [0.5, 0.6) is 0 Å². The maximum atomic E-state index is 12.7. The van der Waals surface area contributed by atoms with E-state index in [-0.39, 0.29) is 17.9 Å². The second kappa shape index (κ2) is 6.33. The van der Waals surface area contributed by atoms with Gasteiger partial charge in [0.1, 0.15) is 5.54 Å². The molecule has 1 aromatic rings. The molecule has 0 bridgehead atoms. The standard InChI is InChI=1S/C19H26N4O2/c1-14(17(24)23-10-4-5-11-23)22-12-8-19(9-13-22)18(25)20-15-6-2-3-7-16(15)21-19/h2-3,6-7,14,21H,4-5,8-13H2,1H3,(H,20,25)/t14-/m1/s1. The Morgan fingerprint density at radius 2 is 1.72 bits per heavy atom. The molecule has 0 aromatic heterocycles. The maximum absolute atomic E-state index is 12.7. The van der Waals surface area contributed by atoms with E-state index in [1.807, 2.05) is 36.1 Å². The van der Waals surface area contributed by atoms with Gasteiger partial charge >= 0.3 is 0 Å². The summed E-state index contributed by atoms with van der Waals surface area (Å²) in [6, 6.07) is 7.71. The van der Waals surface area contributed by atoms with Crippen molar-refractivity contribution in [2.24, 2.45) is 0 Å². The molecule has 3 aliphatic rings. The van der Waals surface area contributed by atoms with Crippen molar-refractivity contribution in [3.63, 3.8) is 0 Å². The fourth-order valence-corrected chi connectivity index (χ4v) is 4.26. The largest absolute Gasteiger partial charge is 0.369 e. The second-order valence-corrected chi connectivity index (χ2v) is 7.45. The summed E-state index contributed by atoms with van der Waals surface area (Å²) >= 11 is 0. The monoisotopic (exact) mass is 342 g/mol. The van der Waals surface area contributed by atoms with E-state index in [4.69, 9.17) is 0 Å². The summed E-state index contributed by atoms with van der Waals surface area (Å²) in [6.07, 6.45) is 3.66. The lowest BCUT2D eigenvalue weighted by Crippen LogP contribution is -2.60.